The third kappa shape index (κ3) is 82.2. The zero-order valence-electron chi connectivity index (χ0n) is 73.2. The van der Waals surface area contributed by atoms with Gasteiger partial charge in [-0.15, -0.1) is 23.5 Å². The van der Waals surface area contributed by atoms with Gasteiger partial charge in [0.15, 0.2) is 0 Å². The van der Waals surface area contributed by atoms with Crippen molar-refractivity contribution in [1.82, 2.24) is 106 Å². The number of hydrogen-bond acceptors (Lipinski definition) is 35. The molecule has 2 aliphatic carbocycles. The maximum Gasteiger partial charge on any atom is 0.106 e. The smallest absolute Gasteiger partial charge is 0.106 e. The van der Waals surface area contributed by atoms with Gasteiger partial charge < -0.3 is 106 Å². The highest BCUT2D eigenvalue weighted by atomic mass is 32.2. The van der Waals surface area contributed by atoms with Crippen molar-refractivity contribution in [3.8, 4) is 0 Å². The summed E-state index contributed by atoms with van der Waals surface area (Å²) in [4.78, 5) is 3.90. The lowest BCUT2D eigenvalue weighted by Gasteiger charge is -2.39. The summed E-state index contributed by atoms with van der Waals surface area (Å²) >= 11 is 15.3. The SMILES string of the molecule is C1=CCNC=C1.C1=CCSC=C1.C1=CCSN/C=C\C1.C1=CCSN/C=C\OC1.C1=CN=CCNC1.C1=CNC2(CCCC2)CN1.C1=CNC2(CCCCC2)CN1.C1=CNCCCN1.C1=CNCNCC1.C1=CNCSNC1.C1=CNSNC1.C1=CNSNCC1.C1=CO/C=C\NCC1.C1=COCCCCCSN1.C1=COCCCCSN1.C1=CSCCC1. The predicted octanol–water partition coefficient (Wildman–Crippen LogP) is 15.6. The average Bonchev–Trinajstić information content (AvgIpc) is 1.55. The summed E-state index contributed by atoms with van der Waals surface area (Å²) < 4.78 is 47.4. The Hall–Kier alpha value is -6.84. The van der Waals surface area contributed by atoms with Crippen LogP contribution in [0.15, 0.2) is 262 Å². The summed E-state index contributed by atoms with van der Waals surface area (Å²) in [7, 11) is 0. The minimum Gasteiger partial charge on any atom is -0.500 e. The fourth-order valence-corrected chi connectivity index (χ4v) is 15.8. The molecule has 0 aromatic heterocycles. The number of ether oxygens (including phenoxy) is 4. The van der Waals surface area contributed by atoms with E-state index in [9.17, 15) is 0 Å². The predicted molar refractivity (Wildman–Crippen MR) is 553 cm³/mol. The summed E-state index contributed by atoms with van der Waals surface area (Å²) in [5, 5.41) is 42.5. The number of aliphatic imine (C=N–C) groups is 1. The first kappa shape index (κ1) is 111. The molecule has 0 atom stereocenters. The second-order valence-electron chi connectivity index (χ2n) is 27.5. The highest BCUT2D eigenvalue weighted by Gasteiger charge is 2.33. The summed E-state index contributed by atoms with van der Waals surface area (Å²) in [6.07, 6.45) is 107. The summed E-state index contributed by atoms with van der Waals surface area (Å²) in [5.74, 6) is 7.89. The van der Waals surface area contributed by atoms with E-state index in [1.165, 1.54) is 151 Å². The number of thioether (sulfide) groups is 2. The zero-order valence-corrected chi connectivity index (χ0v) is 80.5. The topological polar surface area (TPSA) is 302 Å². The van der Waals surface area contributed by atoms with Crippen molar-refractivity contribution >= 4 is 114 Å². The van der Waals surface area contributed by atoms with Crippen LogP contribution in [0.2, 0.25) is 0 Å². The van der Waals surface area contributed by atoms with Crippen LogP contribution in [0.3, 0.4) is 0 Å². The lowest BCUT2D eigenvalue weighted by molar-refractivity contribution is 0.240. The van der Waals surface area contributed by atoms with E-state index in [4.69, 9.17) is 18.9 Å². The van der Waals surface area contributed by atoms with E-state index in [2.05, 4.69) is 195 Å². The van der Waals surface area contributed by atoms with Crippen LogP contribution in [0.1, 0.15) is 135 Å². The number of nitrogens with one attached hydrogen (secondary N) is 21. The van der Waals surface area contributed by atoms with Crippen molar-refractivity contribution in [2.75, 3.05) is 145 Å². The van der Waals surface area contributed by atoms with Crippen LogP contribution in [0.4, 0.5) is 0 Å². The van der Waals surface area contributed by atoms with Crippen molar-refractivity contribution in [2.24, 2.45) is 4.99 Å². The van der Waals surface area contributed by atoms with Gasteiger partial charge in [-0.05, 0) is 174 Å². The molecule has 124 heavy (non-hydrogen) atoms. The summed E-state index contributed by atoms with van der Waals surface area (Å²) in [6.45, 7) is 15.7. The zero-order chi connectivity index (χ0) is 87.3. The second-order valence-corrected chi connectivity index (χ2v) is 35.3. The Balaban J connectivity index is 0.000000343. The molecular formula is C89H152N22O4S9. The van der Waals surface area contributed by atoms with Gasteiger partial charge in [0, 0.05) is 225 Å². The van der Waals surface area contributed by atoms with Crippen LogP contribution in [-0.2, 0) is 18.9 Å². The van der Waals surface area contributed by atoms with Crippen LogP contribution in [0, 0.1) is 0 Å². The molecular weight excluding hydrogens is 1730 g/mol. The maximum atomic E-state index is 5.15. The minimum atomic E-state index is 0.410. The molecule has 2 fully saturated rings. The first-order valence-electron chi connectivity index (χ1n) is 43.7. The monoisotopic (exact) mass is 1880 g/mol. The largest absolute Gasteiger partial charge is 0.500 e. The van der Waals surface area contributed by atoms with Crippen LogP contribution in [0.25, 0.3) is 0 Å². The average molecular weight is 1880 g/mol. The second kappa shape index (κ2) is 95.3. The van der Waals surface area contributed by atoms with Gasteiger partial charge in [-0.1, -0.05) is 165 Å². The van der Waals surface area contributed by atoms with E-state index in [0.717, 1.165) is 147 Å². The van der Waals surface area contributed by atoms with E-state index in [1.54, 1.807) is 110 Å². The number of allylic oxidation sites excluding steroid dienone is 7. The fourth-order valence-electron chi connectivity index (χ4n) is 10.9. The van der Waals surface area contributed by atoms with Crippen molar-refractivity contribution in [1.29, 1.82) is 0 Å². The fraction of sp³-hybridized carbons (Fsp3) is 0.517. The molecule has 0 aromatic rings. The first-order valence-corrected chi connectivity index (χ1v) is 52.4. The van der Waals surface area contributed by atoms with Crippen LogP contribution in [0.5, 0.6) is 0 Å². The third-order valence-corrected chi connectivity index (χ3v) is 23.7. The van der Waals surface area contributed by atoms with Gasteiger partial charge in [-0.2, -0.15) is 0 Å². The van der Waals surface area contributed by atoms with Crippen molar-refractivity contribution < 1.29 is 18.9 Å². The van der Waals surface area contributed by atoms with Crippen molar-refractivity contribution in [3.63, 3.8) is 0 Å². The quantitative estimate of drug-likeness (QED) is 0.0792. The van der Waals surface area contributed by atoms with Crippen molar-refractivity contribution in [3.05, 3.63) is 257 Å². The van der Waals surface area contributed by atoms with Gasteiger partial charge in [-0.25, -0.2) is 9.44 Å². The molecule has 2 saturated carbocycles. The van der Waals surface area contributed by atoms with E-state index in [-0.39, 0.29) is 0 Å². The lowest BCUT2D eigenvalue weighted by Crippen LogP contribution is -2.53. The van der Waals surface area contributed by atoms with Gasteiger partial charge in [0.05, 0.1) is 61.9 Å². The molecule has 16 aliphatic heterocycles. The molecule has 16 heterocycles. The molecule has 0 radical (unpaired) electrons. The molecule has 35 heteroatoms. The maximum absolute atomic E-state index is 5.15. The molecule has 0 unspecified atom stereocenters. The number of rotatable bonds is 0. The van der Waals surface area contributed by atoms with Crippen LogP contribution >= 0.6 is 108 Å². The molecule has 0 saturated heterocycles. The van der Waals surface area contributed by atoms with E-state index in [1.807, 2.05) is 153 Å². The summed E-state index contributed by atoms with van der Waals surface area (Å²) in [6, 6.07) is 0. The van der Waals surface area contributed by atoms with Gasteiger partial charge in [-0.3, -0.25) is 15.0 Å². The molecule has 18 aliphatic rings. The molecule has 696 valence electrons. The molecule has 0 bridgehead atoms. The molecule has 0 aromatic carbocycles. The molecule has 0 amide bonds. The minimum absolute atomic E-state index is 0.410. The highest BCUT2D eigenvalue weighted by Crippen LogP contribution is 2.30. The number of nitrogens with zero attached hydrogens (tertiary/aromatic N) is 1. The van der Waals surface area contributed by atoms with E-state index >= 15 is 0 Å². The highest BCUT2D eigenvalue weighted by molar-refractivity contribution is 8.02. The molecule has 18 rings (SSSR count). The van der Waals surface area contributed by atoms with Crippen LogP contribution in [-0.4, -0.2) is 163 Å². The van der Waals surface area contributed by atoms with Crippen molar-refractivity contribution in [2.45, 2.75) is 146 Å². The molecule has 2 spiro atoms. The normalized spacial score (nSPS) is 21.8. The molecule has 21 N–H and O–H groups in total. The Morgan fingerprint density at radius 1 is 0.315 bits per heavy atom. The third-order valence-electron chi connectivity index (χ3n) is 17.3. The van der Waals surface area contributed by atoms with Gasteiger partial charge >= 0.3 is 0 Å². The Morgan fingerprint density at radius 3 is 1.58 bits per heavy atom. The Kier molecular flexibility index (Phi) is 85.5. The lowest BCUT2D eigenvalue weighted by atomic mass is 9.81. The van der Waals surface area contributed by atoms with Gasteiger partial charge in [0.25, 0.3) is 0 Å². The Labute approximate surface area is 786 Å². The first-order chi connectivity index (χ1) is 61.8. The van der Waals surface area contributed by atoms with Crippen LogP contribution < -0.4 is 106 Å². The summed E-state index contributed by atoms with van der Waals surface area (Å²) in [5.41, 5.74) is 0.835. The Morgan fingerprint density at radius 2 is 0.952 bits per heavy atom. The number of hydrogen-bond donors (Lipinski definition) is 21. The number of dihydropyridines is 1. The molecule has 26 nitrogen and oxygen atoms in total. The van der Waals surface area contributed by atoms with E-state index < -0.39 is 0 Å². The van der Waals surface area contributed by atoms with Gasteiger partial charge in [0.2, 0.25) is 0 Å². The van der Waals surface area contributed by atoms with Gasteiger partial charge in [0.1, 0.15) is 12.9 Å². The van der Waals surface area contributed by atoms with E-state index in [0.29, 0.717) is 17.7 Å². The Bertz CT molecular complexity index is 2810. The standard InChI is InChI=1S/C9H16N2.C8H14N2.C7H13NOS.C6H11NOS.C6H9NOS.C6H9NO.C6H9NS.C5H10N2.C5H8N2.C5H10N2.C5H7N.C5H8S.C5H6S.2C4H8N2S.C3H6N2S/c1-2-4-9(5-3-1)8-10-6-7-11-9;1-2-4-8(3-1)7-9-5-6-10-8;1-2-5-9-6-4-8-10-7-3-1;2*1-2-6-9-7-3-5-8-4-1;1-2-5-8-6-4-7-3-1;1-2-4-6-8-7-5-3-1;2*1-2-6-4-5-7-3-1;1-2-4-7-5-6-3-1;3*1-2-4-6-5-3-1;1-2-5-4-7-6-3-1;1-2-4-6-7-5-3-1;1-2-4-6-5-3-1/h6-7,10-11H,1-5,8H2;5-6,9-10H,1-4,7H2;4,6,8H,1-3,5,7H2;3,5,7H,1-2,4,6H2;1-3,5,7H,4,6H2;2,4-7H,1,3H2;2-5,7H,1,6H2;4-7H,1-3H2;1-2,4,7H,3,5H2;1,3,6-7H,2,4-5H2;1-4,6H,5H2;2,4H,1,3,5H2;1-4H,5H2;1-2,5-6H,3-4H2;1,3,5-6H,2,4H2;1-2,4-5H,3H2/b;;;;2-1?,5-3-;5-2?,6-4-;4-2?,5-3-;;;;;;;;;.